The molecule has 5 rings (SSSR count). The number of fused-ring (bicyclic) bond motifs is 1. The predicted molar refractivity (Wildman–Crippen MR) is 120 cm³/mol. The number of carbonyl (C=O) groups is 1. The Morgan fingerprint density at radius 1 is 1.27 bits per heavy atom. The van der Waals surface area contributed by atoms with Crippen LogP contribution >= 0.6 is 0 Å². The lowest BCUT2D eigenvalue weighted by Crippen LogP contribution is -2.51. The van der Waals surface area contributed by atoms with Crippen molar-refractivity contribution in [1.29, 1.82) is 5.26 Å². The van der Waals surface area contributed by atoms with Gasteiger partial charge in [-0.3, -0.25) is 4.40 Å². The van der Waals surface area contributed by atoms with Crippen LogP contribution in [0.4, 0.5) is 20.7 Å². The lowest BCUT2D eigenvalue weighted by Gasteiger charge is -2.36. The molecule has 3 N–H and O–H groups in total. The Hall–Kier alpha value is -3.94. The Balaban J connectivity index is 1.30. The van der Waals surface area contributed by atoms with Gasteiger partial charge in [0.15, 0.2) is 5.82 Å². The van der Waals surface area contributed by atoms with Crippen molar-refractivity contribution < 1.29 is 9.18 Å². The molecular weight excluding hydrogens is 425 g/mol. The minimum absolute atomic E-state index is 0.0207. The van der Waals surface area contributed by atoms with Crippen LogP contribution in [0.1, 0.15) is 19.3 Å². The fraction of sp³-hybridized carbons (Fsp3) is 0.409. The van der Waals surface area contributed by atoms with Crippen molar-refractivity contribution in [2.45, 2.75) is 37.5 Å². The Morgan fingerprint density at radius 3 is 3.00 bits per heavy atom. The van der Waals surface area contributed by atoms with E-state index in [1.165, 1.54) is 4.90 Å². The summed E-state index contributed by atoms with van der Waals surface area (Å²) in [6, 6.07) is 6.44. The fourth-order valence-corrected chi connectivity index (χ4v) is 4.50. The number of nitriles is 1. The van der Waals surface area contributed by atoms with Crippen molar-refractivity contribution in [1.82, 2.24) is 29.2 Å². The van der Waals surface area contributed by atoms with E-state index >= 15 is 0 Å². The van der Waals surface area contributed by atoms with Crippen molar-refractivity contribution in [2.24, 2.45) is 0 Å². The van der Waals surface area contributed by atoms with Crippen LogP contribution in [0.2, 0.25) is 0 Å². The highest BCUT2D eigenvalue weighted by atomic mass is 19.1. The Morgan fingerprint density at radius 2 is 2.15 bits per heavy atom. The summed E-state index contributed by atoms with van der Waals surface area (Å²) in [4.78, 5) is 29.4. The van der Waals surface area contributed by atoms with Gasteiger partial charge in [0.1, 0.15) is 29.4 Å². The predicted octanol–water partition coefficient (Wildman–Crippen LogP) is 2.31. The van der Waals surface area contributed by atoms with Gasteiger partial charge in [-0.25, -0.2) is 24.1 Å². The molecule has 2 saturated heterocycles. The molecule has 0 radical (unpaired) electrons. The molecule has 2 amide bonds. The first-order chi connectivity index (χ1) is 16.0. The van der Waals surface area contributed by atoms with E-state index in [1.54, 1.807) is 35.6 Å². The fourth-order valence-electron chi connectivity index (χ4n) is 4.50. The van der Waals surface area contributed by atoms with Crippen LogP contribution in [-0.2, 0) is 0 Å². The number of hydrogen-bond donors (Lipinski definition) is 2. The lowest BCUT2D eigenvalue weighted by molar-refractivity contribution is 0.140. The molecule has 3 aromatic heterocycles. The summed E-state index contributed by atoms with van der Waals surface area (Å²) >= 11 is 0. The largest absolute Gasteiger partial charge is 0.398 e. The number of pyridine rings is 1. The topological polar surface area (TPSA) is 128 Å². The standard InChI is InChI=1S/C22H24FN9O/c23-14-8-17(9-24)31(11-14)22(33)30-7-1-2-16(13-30)28-19-5-6-26-21(29-19)18-10-27-20-4-3-15(25)12-32(18)20/h3-6,10,12,14,16-17H,1-2,7-8,11,13,25H2,(H,26,28,29)/t14-,16+,17-/m0/s1. The van der Waals surface area contributed by atoms with Gasteiger partial charge in [0.2, 0.25) is 0 Å². The van der Waals surface area contributed by atoms with Gasteiger partial charge in [-0.1, -0.05) is 0 Å². The zero-order valence-electron chi connectivity index (χ0n) is 17.9. The Kier molecular flexibility index (Phi) is 5.42. The van der Waals surface area contributed by atoms with E-state index in [-0.39, 0.29) is 25.0 Å². The first-order valence-electron chi connectivity index (χ1n) is 10.9. The summed E-state index contributed by atoms with van der Waals surface area (Å²) < 4.78 is 15.6. The molecule has 0 aliphatic carbocycles. The zero-order valence-corrected chi connectivity index (χ0v) is 17.9. The van der Waals surface area contributed by atoms with Crippen LogP contribution in [0.15, 0.2) is 36.8 Å². The van der Waals surface area contributed by atoms with Crippen LogP contribution in [0.3, 0.4) is 0 Å². The SMILES string of the molecule is N#C[C@@H]1C[C@H](F)CN1C(=O)N1CCC[C@@H](Nc2ccnc(-c3cnc4ccc(N)cn34)n2)C1. The second kappa shape index (κ2) is 8.54. The number of nitrogen functional groups attached to an aromatic ring is 1. The number of carbonyl (C=O) groups excluding carboxylic acids is 1. The van der Waals surface area contributed by atoms with E-state index in [0.717, 1.165) is 24.2 Å². The summed E-state index contributed by atoms with van der Waals surface area (Å²) in [5.41, 5.74) is 7.99. The number of amides is 2. The summed E-state index contributed by atoms with van der Waals surface area (Å²) in [5, 5.41) is 12.7. The molecule has 0 unspecified atom stereocenters. The number of anilines is 2. The molecule has 0 aromatic carbocycles. The molecule has 3 aromatic rings. The number of likely N-dealkylation sites (tertiary alicyclic amines) is 2. The average molecular weight is 449 g/mol. The number of nitrogens with one attached hydrogen (secondary N) is 1. The minimum atomic E-state index is -1.15. The number of halogens is 1. The maximum absolute atomic E-state index is 13.8. The minimum Gasteiger partial charge on any atom is -0.398 e. The normalized spacial score (nSPS) is 23.0. The van der Waals surface area contributed by atoms with E-state index in [2.05, 4.69) is 20.3 Å². The molecule has 0 bridgehead atoms. The number of urea groups is 1. The zero-order chi connectivity index (χ0) is 22.9. The maximum Gasteiger partial charge on any atom is 0.321 e. The second-order valence-corrected chi connectivity index (χ2v) is 8.44. The number of alkyl halides is 1. The average Bonchev–Trinajstić information content (AvgIpc) is 3.41. The number of nitrogens with zero attached hydrogens (tertiary/aromatic N) is 7. The molecule has 0 spiro atoms. The number of hydrogen-bond acceptors (Lipinski definition) is 7. The Labute approximate surface area is 189 Å². The molecule has 2 aliphatic rings. The monoisotopic (exact) mass is 449 g/mol. The third-order valence-electron chi connectivity index (χ3n) is 6.10. The van der Waals surface area contributed by atoms with Crippen LogP contribution in [0, 0.1) is 11.3 Å². The van der Waals surface area contributed by atoms with Gasteiger partial charge in [0.05, 0.1) is 18.8 Å². The molecular formula is C22H24FN9O. The smallest absolute Gasteiger partial charge is 0.321 e. The summed E-state index contributed by atoms with van der Waals surface area (Å²) in [5.74, 6) is 1.14. The van der Waals surface area contributed by atoms with E-state index in [9.17, 15) is 14.4 Å². The van der Waals surface area contributed by atoms with Crippen LogP contribution in [0.25, 0.3) is 17.2 Å². The highest BCUT2D eigenvalue weighted by Gasteiger charge is 2.38. The van der Waals surface area contributed by atoms with E-state index in [1.807, 2.05) is 16.5 Å². The second-order valence-electron chi connectivity index (χ2n) is 8.44. The molecule has 11 heteroatoms. The Bertz CT molecular complexity index is 1220. The van der Waals surface area contributed by atoms with Crippen LogP contribution < -0.4 is 11.1 Å². The third-order valence-corrected chi connectivity index (χ3v) is 6.10. The molecule has 3 atom stereocenters. The van der Waals surface area contributed by atoms with Gasteiger partial charge < -0.3 is 20.9 Å². The highest BCUT2D eigenvalue weighted by Crippen LogP contribution is 2.24. The van der Waals surface area contributed by atoms with Gasteiger partial charge in [0, 0.05) is 43.6 Å². The van der Waals surface area contributed by atoms with Gasteiger partial charge in [-0.05, 0) is 31.0 Å². The molecule has 5 heterocycles. The van der Waals surface area contributed by atoms with Crippen LogP contribution in [0.5, 0.6) is 0 Å². The van der Waals surface area contributed by atoms with Crippen molar-refractivity contribution >= 4 is 23.2 Å². The van der Waals surface area contributed by atoms with Crippen molar-refractivity contribution in [3.8, 4) is 17.6 Å². The number of nitrogens with two attached hydrogens (primary N) is 1. The van der Waals surface area contributed by atoms with Crippen molar-refractivity contribution in [3.05, 3.63) is 36.8 Å². The van der Waals surface area contributed by atoms with Gasteiger partial charge in [0.25, 0.3) is 0 Å². The summed E-state index contributed by atoms with van der Waals surface area (Å²) in [6.45, 7) is 1.02. The molecule has 10 nitrogen and oxygen atoms in total. The first-order valence-corrected chi connectivity index (χ1v) is 10.9. The third kappa shape index (κ3) is 4.11. The highest BCUT2D eigenvalue weighted by molar-refractivity contribution is 5.76. The summed E-state index contributed by atoms with van der Waals surface area (Å²) in [7, 11) is 0. The molecule has 33 heavy (non-hydrogen) atoms. The molecule has 0 saturated carbocycles. The molecule has 2 aliphatic heterocycles. The molecule has 170 valence electrons. The van der Waals surface area contributed by atoms with Crippen molar-refractivity contribution in [2.75, 3.05) is 30.7 Å². The van der Waals surface area contributed by atoms with E-state index in [0.29, 0.717) is 30.4 Å². The first kappa shape index (κ1) is 20.9. The number of imidazole rings is 1. The number of rotatable bonds is 3. The van der Waals surface area contributed by atoms with Gasteiger partial charge >= 0.3 is 6.03 Å². The number of aromatic nitrogens is 4. The summed E-state index contributed by atoms with van der Waals surface area (Å²) in [6.07, 6.45) is 5.75. The van der Waals surface area contributed by atoms with E-state index < -0.39 is 12.2 Å². The van der Waals surface area contributed by atoms with Crippen LogP contribution in [-0.4, -0.2) is 73.1 Å². The quantitative estimate of drug-likeness (QED) is 0.628. The lowest BCUT2D eigenvalue weighted by atomic mass is 10.1. The van der Waals surface area contributed by atoms with Gasteiger partial charge in [-0.15, -0.1) is 0 Å². The van der Waals surface area contributed by atoms with E-state index in [4.69, 9.17) is 5.73 Å². The number of piperidine rings is 1. The molecule has 2 fully saturated rings. The maximum atomic E-state index is 13.8. The van der Waals surface area contributed by atoms with Crippen molar-refractivity contribution in [3.63, 3.8) is 0 Å². The van der Waals surface area contributed by atoms with Gasteiger partial charge in [-0.2, -0.15) is 5.26 Å².